The van der Waals surface area contributed by atoms with Crippen molar-refractivity contribution in [2.45, 2.75) is 26.9 Å². The van der Waals surface area contributed by atoms with Gasteiger partial charge in [-0.1, -0.05) is 59.6 Å². The van der Waals surface area contributed by atoms with Crippen molar-refractivity contribution in [3.8, 4) is 0 Å². The molecule has 0 aliphatic heterocycles. The zero-order valence-electron chi connectivity index (χ0n) is 18.0. The van der Waals surface area contributed by atoms with Gasteiger partial charge in [0.15, 0.2) is 5.11 Å². The summed E-state index contributed by atoms with van der Waals surface area (Å²) in [6, 6.07) is 23.9. The molecular weight excluding hydrogens is 438 g/mol. The van der Waals surface area contributed by atoms with Crippen LogP contribution in [0.1, 0.15) is 22.3 Å². The van der Waals surface area contributed by atoms with Gasteiger partial charge in [0.05, 0.1) is 6.54 Å². The lowest BCUT2D eigenvalue weighted by Gasteiger charge is -2.26. The summed E-state index contributed by atoms with van der Waals surface area (Å²) in [5.74, 6) is 0. The molecule has 0 amide bonds. The van der Waals surface area contributed by atoms with E-state index in [0.717, 1.165) is 27.7 Å². The van der Waals surface area contributed by atoms with Gasteiger partial charge in [0, 0.05) is 28.3 Å². The van der Waals surface area contributed by atoms with Crippen molar-refractivity contribution in [2.24, 2.45) is 0 Å². The normalized spacial score (nSPS) is 10.8. The van der Waals surface area contributed by atoms with Crippen LogP contribution in [0.4, 0.5) is 5.69 Å². The Hall–Kier alpha value is -3.15. The summed E-state index contributed by atoms with van der Waals surface area (Å²) in [7, 11) is 0. The minimum atomic E-state index is -0.145. The summed E-state index contributed by atoms with van der Waals surface area (Å²) in [4.78, 5) is 17.8. The van der Waals surface area contributed by atoms with Crippen LogP contribution in [0, 0.1) is 13.8 Å². The number of H-pyrrole nitrogens is 1. The fraction of sp³-hybridized carbons (Fsp3) is 0.154. The van der Waals surface area contributed by atoms with E-state index in [-0.39, 0.29) is 5.56 Å². The third kappa shape index (κ3) is 5.18. The van der Waals surface area contributed by atoms with Crippen LogP contribution >= 0.6 is 23.8 Å². The predicted octanol–water partition coefficient (Wildman–Crippen LogP) is 6.20. The number of halogens is 1. The molecule has 0 aliphatic rings. The second-order valence-electron chi connectivity index (χ2n) is 7.95. The van der Waals surface area contributed by atoms with E-state index in [2.05, 4.69) is 22.4 Å². The van der Waals surface area contributed by atoms with Gasteiger partial charge in [0.2, 0.25) is 0 Å². The fourth-order valence-corrected chi connectivity index (χ4v) is 3.96. The average Bonchev–Trinajstić information content (AvgIpc) is 2.77. The van der Waals surface area contributed by atoms with Gasteiger partial charge in [-0.05, 0) is 72.9 Å². The van der Waals surface area contributed by atoms with Gasteiger partial charge in [-0.15, -0.1) is 0 Å². The van der Waals surface area contributed by atoms with Crippen molar-refractivity contribution in [2.75, 3.05) is 5.32 Å². The van der Waals surface area contributed by atoms with E-state index in [9.17, 15) is 4.79 Å². The maximum absolute atomic E-state index is 12.8. The molecule has 0 spiro atoms. The molecule has 0 saturated carbocycles. The van der Waals surface area contributed by atoms with Crippen molar-refractivity contribution in [1.82, 2.24) is 9.88 Å². The zero-order valence-corrected chi connectivity index (χ0v) is 19.6. The first kappa shape index (κ1) is 22.1. The van der Waals surface area contributed by atoms with Crippen molar-refractivity contribution in [3.05, 3.63) is 110 Å². The Morgan fingerprint density at radius 3 is 2.44 bits per heavy atom. The lowest BCUT2D eigenvalue weighted by Crippen LogP contribution is -2.35. The molecule has 2 N–H and O–H groups in total. The number of aryl methyl sites for hydroxylation is 2. The van der Waals surface area contributed by atoms with Crippen molar-refractivity contribution >= 4 is 45.5 Å². The van der Waals surface area contributed by atoms with Gasteiger partial charge in [-0.2, -0.15) is 0 Å². The van der Waals surface area contributed by atoms with Gasteiger partial charge < -0.3 is 15.2 Å². The molecule has 32 heavy (non-hydrogen) atoms. The number of rotatable bonds is 5. The summed E-state index contributed by atoms with van der Waals surface area (Å²) in [5.41, 5.74) is 5.40. The lowest BCUT2D eigenvalue weighted by molar-refractivity contribution is 0.411. The Balaban J connectivity index is 1.65. The molecule has 6 heteroatoms. The van der Waals surface area contributed by atoms with Crippen LogP contribution in [0.3, 0.4) is 0 Å². The Labute approximate surface area is 197 Å². The molecule has 0 aliphatic carbocycles. The highest BCUT2D eigenvalue weighted by Gasteiger charge is 2.15. The van der Waals surface area contributed by atoms with E-state index >= 15 is 0 Å². The molecule has 1 heterocycles. The molecule has 0 fully saturated rings. The van der Waals surface area contributed by atoms with Gasteiger partial charge in [-0.25, -0.2) is 0 Å². The Bertz CT molecular complexity index is 1320. The van der Waals surface area contributed by atoms with Crippen molar-refractivity contribution in [3.63, 3.8) is 0 Å². The molecule has 4 aromatic rings. The van der Waals surface area contributed by atoms with E-state index in [4.69, 9.17) is 23.8 Å². The van der Waals surface area contributed by atoms with E-state index in [1.165, 1.54) is 5.56 Å². The quantitative estimate of drug-likeness (QED) is 0.347. The number of hydrogen-bond acceptors (Lipinski definition) is 2. The molecule has 4 rings (SSSR count). The number of nitrogens with one attached hydrogen (secondary N) is 2. The smallest absolute Gasteiger partial charge is 0.253 e. The number of nitrogens with zero attached hydrogens (tertiary/aromatic N) is 1. The van der Waals surface area contributed by atoms with Crippen molar-refractivity contribution < 1.29 is 0 Å². The number of aromatic nitrogens is 1. The second-order valence-corrected chi connectivity index (χ2v) is 8.74. The number of thiocarbonyl (C=S) groups is 1. The van der Waals surface area contributed by atoms with Gasteiger partial charge >= 0.3 is 0 Å². The minimum Gasteiger partial charge on any atom is -0.340 e. The van der Waals surface area contributed by atoms with Gasteiger partial charge in [0.25, 0.3) is 5.56 Å². The highest BCUT2D eigenvalue weighted by atomic mass is 35.5. The molecule has 0 radical (unpaired) electrons. The summed E-state index contributed by atoms with van der Waals surface area (Å²) in [6.07, 6.45) is 0. The number of fused-ring (bicyclic) bond motifs is 1. The van der Waals surface area contributed by atoms with E-state index < -0.39 is 0 Å². The van der Waals surface area contributed by atoms with Crippen LogP contribution in [0.25, 0.3) is 10.9 Å². The van der Waals surface area contributed by atoms with Crippen LogP contribution < -0.4 is 10.9 Å². The second kappa shape index (κ2) is 9.55. The largest absolute Gasteiger partial charge is 0.340 e. The van der Waals surface area contributed by atoms with Crippen LogP contribution in [0.15, 0.2) is 77.6 Å². The Morgan fingerprint density at radius 1 is 1.00 bits per heavy atom. The Morgan fingerprint density at radius 2 is 1.72 bits per heavy atom. The number of anilines is 1. The van der Waals surface area contributed by atoms with E-state index in [1.54, 1.807) is 6.07 Å². The first-order valence-corrected chi connectivity index (χ1v) is 11.2. The minimum absolute atomic E-state index is 0.145. The molecule has 162 valence electrons. The van der Waals surface area contributed by atoms with E-state index in [1.807, 2.05) is 73.3 Å². The van der Waals surface area contributed by atoms with E-state index in [0.29, 0.717) is 28.8 Å². The lowest BCUT2D eigenvalue weighted by atomic mass is 10.1. The molecule has 0 atom stereocenters. The highest BCUT2D eigenvalue weighted by molar-refractivity contribution is 7.80. The summed E-state index contributed by atoms with van der Waals surface area (Å²) in [6.45, 7) is 4.95. The summed E-state index contributed by atoms with van der Waals surface area (Å²) < 4.78 is 0. The SMILES string of the molecule is Cc1ccc(NC(=S)N(Cc2ccccc2)Cc2cc3cc(C)c(Cl)cc3[nH]c2=O)cc1. The standard InChI is InChI=1S/C26H24ClN3OS/c1-17-8-10-22(11-9-17)28-26(32)30(15-19-6-4-3-5-7-19)16-21-13-20-12-18(2)23(27)14-24(20)29-25(21)31/h3-14H,15-16H2,1-2H3,(H,28,32)(H,29,31). The van der Waals surface area contributed by atoms with Crippen LogP contribution in [-0.2, 0) is 13.1 Å². The van der Waals surface area contributed by atoms with Gasteiger partial charge in [0.1, 0.15) is 0 Å². The Kier molecular flexibility index (Phi) is 6.58. The topological polar surface area (TPSA) is 48.1 Å². The number of hydrogen-bond donors (Lipinski definition) is 2. The molecule has 0 bridgehead atoms. The number of benzene rings is 3. The molecule has 1 aromatic heterocycles. The van der Waals surface area contributed by atoms with Crippen LogP contribution in [0.5, 0.6) is 0 Å². The molecule has 4 nitrogen and oxygen atoms in total. The first-order valence-electron chi connectivity index (χ1n) is 10.4. The highest BCUT2D eigenvalue weighted by Crippen LogP contribution is 2.22. The third-order valence-corrected chi connectivity index (χ3v) is 6.14. The maximum atomic E-state index is 12.8. The molecular formula is C26H24ClN3OS. The molecule has 0 saturated heterocycles. The maximum Gasteiger partial charge on any atom is 0.253 e. The molecule has 0 unspecified atom stereocenters. The van der Waals surface area contributed by atoms with Gasteiger partial charge in [-0.3, -0.25) is 4.79 Å². The fourth-order valence-electron chi connectivity index (χ4n) is 3.55. The monoisotopic (exact) mass is 461 g/mol. The number of aromatic amines is 1. The van der Waals surface area contributed by atoms with Crippen molar-refractivity contribution in [1.29, 1.82) is 0 Å². The van der Waals surface area contributed by atoms with Crippen LogP contribution in [-0.4, -0.2) is 15.0 Å². The third-order valence-electron chi connectivity index (χ3n) is 5.37. The predicted molar refractivity (Wildman–Crippen MR) is 137 cm³/mol. The zero-order chi connectivity index (χ0) is 22.7. The molecule has 3 aromatic carbocycles. The summed E-state index contributed by atoms with van der Waals surface area (Å²) >= 11 is 12.0. The average molecular weight is 462 g/mol. The summed E-state index contributed by atoms with van der Waals surface area (Å²) in [5, 5.41) is 5.45. The van der Waals surface area contributed by atoms with Crippen LogP contribution in [0.2, 0.25) is 5.02 Å². The number of pyridine rings is 1. The first-order chi connectivity index (χ1) is 15.4.